The second kappa shape index (κ2) is 7.49. The monoisotopic (exact) mass is 339 g/mol. The Bertz CT molecular complexity index is 585. The topological polar surface area (TPSA) is 47.4 Å². The lowest BCUT2D eigenvalue weighted by molar-refractivity contribution is -0.137. The van der Waals surface area contributed by atoms with Crippen molar-refractivity contribution in [2.24, 2.45) is 5.92 Å². The third-order valence-electron chi connectivity index (χ3n) is 3.77. The van der Waals surface area contributed by atoms with E-state index in [0.717, 1.165) is 17.8 Å². The number of aromatic nitrogens is 2. The second-order valence-corrected chi connectivity index (χ2v) is 7.06. The summed E-state index contributed by atoms with van der Waals surface area (Å²) < 4.78 is 7.45. The van der Waals surface area contributed by atoms with Gasteiger partial charge in [0.05, 0.1) is 17.9 Å². The molecule has 128 valence electrons. The minimum absolute atomic E-state index is 0.0147. The second-order valence-electron chi connectivity index (χ2n) is 6.70. The van der Waals surface area contributed by atoms with E-state index in [1.54, 1.807) is 16.8 Å². The van der Waals surface area contributed by atoms with E-state index in [-0.39, 0.29) is 18.1 Å². The Kier molecular flexibility index (Phi) is 5.87. The largest absolute Gasteiger partial charge is 0.372 e. The number of rotatable bonds is 4. The summed E-state index contributed by atoms with van der Waals surface area (Å²) in [6.45, 7) is 12.1. The summed E-state index contributed by atoms with van der Waals surface area (Å²) in [4.78, 5) is 14.2. The van der Waals surface area contributed by atoms with Crippen LogP contribution >= 0.6 is 11.6 Å². The quantitative estimate of drug-likeness (QED) is 0.792. The van der Waals surface area contributed by atoms with Crippen molar-refractivity contribution in [1.82, 2.24) is 14.7 Å². The summed E-state index contributed by atoms with van der Waals surface area (Å²) >= 11 is 6.39. The molecule has 2 unspecified atom stereocenters. The van der Waals surface area contributed by atoms with Crippen molar-refractivity contribution in [3.63, 3.8) is 0 Å². The molecule has 1 fully saturated rings. The van der Waals surface area contributed by atoms with Gasteiger partial charge in [0.1, 0.15) is 5.15 Å². The molecule has 2 atom stereocenters. The molecule has 1 aliphatic rings. The van der Waals surface area contributed by atoms with E-state index < -0.39 is 0 Å². The van der Waals surface area contributed by atoms with Gasteiger partial charge in [-0.2, -0.15) is 5.10 Å². The van der Waals surface area contributed by atoms with Crippen LogP contribution in [0.15, 0.2) is 6.08 Å². The number of amides is 1. The van der Waals surface area contributed by atoms with Crippen LogP contribution in [0.5, 0.6) is 0 Å². The fraction of sp³-hybridized carbons (Fsp3) is 0.647. The summed E-state index contributed by atoms with van der Waals surface area (Å²) in [6, 6.07) is 0. The van der Waals surface area contributed by atoms with Crippen molar-refractivity contribution in [2.45, 2.75) is 53.4 Å². The highest BCUT2D eigenvalue weighted by molar-refractivity contribution is 6.31. The molecule has 0 saturated carbocycles. The molecule has 1 amide bonds. The first-order valence-electron chi connectivity index (χ1n) is 8.13. The van der Waals surface area contributed by atoms with Crippen molar-refractivity contribution in [1.29, 1.82) is 0 Å². The van der Waals surface area contributed by atoms with Crippen molar-refractivity contribution < 1.29 is 9.53 Å². The molecule has 1 aliphatic heterocycles. The van der Waals surface area contributed by atoms with Crippen LogP contribution in [0.25, 0.3) is 6.08 Å². The molecule has 0 bridgehead atoms. The van der Waals surface area contributed by atoms with Crippen molar-refractivity contribution in [3.05, 3.63) is 22.5 Å². The first kappa shape index (κ1) is 18.0. The maximum atomic E-state index is 12.4. The lowest BCUT2D eigenvalue weighted by atomic mass is 10.2. The van der Waals surface area contributed by atoms with Gasteiger partial charge in [0.2, 0.25) is 5.91 Å². The van der Waals surface area contributed by atoms with Gasteiger partial charge >= 0.3 is 0 Å². The molecule has 0 radical (unpaired) electrons. The third-order valence-corrected chi connectivity index (χ3v) is 4.17. The lowest BCUT2D eigenvalue weighted by Gasteiger charge is -2.34. The summed E-state index contributed by atoms with van der Waals surface area (Å²) in [5.41, 5.74) is 1.65. The summed E-state index contributed by atoms with van der Waals surface area (Å²) in [5, 5.41) is 5.04. The van der Waals surface area contributed by atoms with Crippen molar-refractivity contribution in [3.8, 4) is 0 Å². The molecule has 0 spiro atoms. The number of aryl methyl sites for hydroxylation is 1. The normalized spacial score (nSPS) is 22.3. The van der Waals surface area contributed by atoms with Crippen LogP contribution in [-0.2, 0) is 16.1 Å². The van der Waals surface area contributed by atoms with Gasteiger partial charge in [-0.05, 0) is 32.8 Å². The van der Waals surface area contributed by atoms with Gasteiger partial charge in [0, 0.05) is 31.3 Å². The standard InChI is InChI=1S/C17H26ClN3O2/c1-11(2)8-21-17(18)15(14(5)19-21)6-7-16(22)20-9-12(3)23-13(4)10-20/h6-7,11-13H,8-10H2,1-5H3. The molecule has 1 aromatic heterocycles. The number of hydrogen-bond donors (Lipinski definition) is 0. The van der Waals surface area contributed by atoms with Gasteiger partial charge in [-0.15, -0.1) is 0 Å². The molecule has 23 heavy (non-hydrogen) atoms. The predicted octanol–water partition coefficient (Wildman–Crippen LogP) is 3.15. The Hall–Kier alpha value is -1.33. The van der Waals surface area contributed by atoms with Crippen LogP contribution in [0.1, 0.15) is 39.0 Å². The van der Waals surface area contributed by atoms with Gasteiger partial charge in [-0.25, -0.2) is 0 Å². The first-order chi connectivity index (χ1) is 10.8. The summed E-state index contributed by atoms with van der Waals surface area (Å²) in [6.07, 6.45) is 3.49. The maximum absolute atomic E-state index is 12.4. The number of ether oxygens (including phenoxy) is 1. The average molecular weight is 340 g/mol. The van der Waals surface area contributed by atoms with Crippen LogP contribution in [0.4, 0.5) is 0 Å². The van der Waals surface area contributed by atoms with Crippen LogP contribution < -0.4 is 0 Å². The fourth-order valence-corrected chi connectivity index (χ4v) is 3.15. The molecule has 1 saturated heterocycles. The van der Waals surface area contributed by atoms with E-state index in [9.17, 15) is 4.79 Å². The lowest BCUT2D eigenvalue weighted by Crippen LogP contribution is -2.47. The van der Waals surface area contributed by atoms with Gasteiger partial charge in [-0.3, -0.25) is 9.48 Å². The van der Waals surface area contributed by atoms with E-state index in [2.05, 4.69) is 18.9 Å². The van der Waals surface area contributed by atoms with Crippen molar-refractivity contribution in [2.75, 3.05) is 13.1 Å². The number of hydrogen-bond acceptors (Lipinski definition) is 3. The number of carbonyl (C=O) groups excluding carboxylic acids is 1. The molecule has 1 aromatic rings. The highest BCUT2D eigenvalue weighted by atomic mass is 35.5. The maximum Gasteiger partial charge on any atom is 0.246 e. The van der Waals surface area contributed by atoms with E-state index in [4.69, 9.17) is 16.3 Å². The van der Waals surface area contributed by atoms with Crippen LogP contribution in [-0.4, -0.2) is 45.9 Å². The first-order valence-corrected chi connectivity index (χ1v) is 8.51. The zero-order valence-electron chi connectivity index (χ0n) is 14.5. The number of nitrogens with zero attached hydrogens (tertiary/aromatic N) is 3. The van der Waals surface area contributed by atoms with Gasteiger partial charge < -0.3 is 9.64 Å². The fourth-order valence-electron chi connectivity index (χ4n) is 2.84. The molecule has 6 heteroatoms. The third kappa shape index (κ3) is 4.58. The Morgan fingerprint density at radius 1 is 1.39 bits per heavy atom. The molecule has 0 aliphatic carbocycles. The minimum Gasteiger partial charge on any atom is -0.372 e. The zero-order valence-corrected chi connectivity index (χ0v) is 15.3. The Labute approximate surface area is 143 Å². The van der Waals surface area contributed by atoms with E-state index in [1.165, 1.54) is 0 Å². The van der Waals surface area contributed by atoms with Crippen LogP contribution in [0.2, 0.25) is 5.15 Å². The minimum atomic E-state index is -0.0147. The van der Waals surface area contributed by atoms with Crippen LogP contribution in [0.3, 0.4) is 0 Å². The van der Waals surface area contributed by atoms with Crippen LogP contribution in [0, 0.1) is 12.8 Å². The van der Waals surface area contributed by atoms with E-state index in [0.29, 0.717) is 24.2 Å². The summed E-state index contributed by atoms with van der Waals surface area (Å²) in [7, 11) is 0. The Balaban J connectivity index is 2.10. The predicted molar refractivity (Wildman–Crippen MR) is 92.4 cm³/mol. The Morgan fingerprint density at radius 3 is 2.57 bits per heavy atom. The average Bonchev–Trinajstić information content (AvgIpc) is 2.69. The molecule has 0 aromatic carbocycles. The number of halogens is 1. The molecule has 2 rings (SSSR count). The van der Waals surface area contributed by atoms with Gasteiger partial charge in [0.25, 0.3) is 0 Å². The molecule has 0 N–H and O–H groups in total. The SMILES string of the molecule is Cc1nn(CC(C)C)c(Cl)c1C=CC(=O)N1CC(C)OC(C)C1. The number of carbonyl (C=O) groups is 1. The molecule has 2 heterocycles. The van der Waals surface area contributed by atoms with Gasteiger partial charge in [0.15, 0.2) is 0 Å². The van der Waals surface area contributed by atoms with Gasteiger partial charge in [-0.1, -0.05) is 25.4 Å². The zero-order chi connectivity index (χ0) is 17.1. The smallest absolute Gasteiger partial charge is 0.246 e. The van der Waals surface area contributed by atoms with E-state index >= 15 is 0 Å². The molecular weight excluding hydrogens is 314 g/mol. The molecule has 5 nitrogen and oxygen atoms in total. The Morgan fingerprint density at radius 2 is 2.00 bits per heavy atom. The highest BCUT2D eigenvalue weighted by Crippen LogP contribution is 2.22. The van der Waals surface area contributed by atoms with Crippen molar-refractivity contribution >= 4 is 23.6 Å². The van der Waals surface area contributed by atoms with E-state index in [1.807, 2.05) is 25.7 Å². The highest BCUT2D eigenvalue weighted by Gasteiger charge is 2.24. The molecular formula is C17H26ClN3O2. The number of morpholine rings is 1. The summed E-state index contributed by atoms with van der Waals surface area (Å²) in [5.74, 6) is 0.445.